The molecule has 20 heavy (non-hydrogen) atoms. The van der Waals surface area contributed by atoms with Gasteiger partial charge in [0.15, 0.2) is 0 Å². The van der Waals surface area contributed by atoms with E-state index in [-0.39, 0.29) is 0 Å². The Bertz CT molecular complexity index is 737. The molecular formula is C19H15N. The van der Waals surface area contributed by atoms with Crippen molar-refractivity contribution in [3.63, 3.8) is 0 Å². The number of hydrogen-bond donors (Lipinski definition) is 0. The summed E-state index contributed by atoms with van der Waals surface area (Å²) in [5.74, 6) is 0.885. The molecule has 0 aromatic heterocycles. The molecule has 2 unspecified atom stereocenters. The molecule has 0 fully saturated rings. The molecule has 0 N–H and O–H groups in total. The summed E-state index contributed by atoms with van der Waals surface area (Å²) in [7, 11) is 0. The average molecular weight is 257 g/mol. The van der Waals surface area contributed by atoms with Crippen LogP contribution in [-0.2, 0) is 0 Å². The zero-order valence-corrected chi connectivity index (χ0v) is 11.2. The van der Waals surface area contributed by atoms with Crippen LogP contribution in [0, 0.1) is 17.2 Å². The Morgan fingerprint density at radius 2 is 1.95 bits per heavy atom. The highest BCUT2D eigenvalue weighted by atomic mass is 14.4. The first kappa shape index (κ1) is 11.5. The van der Waals surface area contributed by atoms with Gasteiger partial charge in [0, 0.05) is 17.4 Å². The highest BCUT2D eigenvalue weighted by Crippen LogP contribution is 2.51. The fourth-order valence-corrected chi connectivity index (χ4v) is 3.74. The van der Waals surface area contributed by atoms with Crippen molar-refractivity contribution in [3.8, 4) is 6.07 Å². The smallest absolute Gasteiger partial charge is 0.0947 e. The first-order valence-corrected chi connectivity index (χ1v) is 7.15. The van der Waals surface area contributed by atoms with Crippen molar-refractivity contribution in [3.05, 3.63) is 76.9 Å². The van der Waals surface area contributed by atoms with Gasteiger partial charge in [0.25, 0.3) is 0 Å². The predicted molar refractivity (Wildman–Crippen MR) is 80.8 cm³/mol. The van der Waals surface area contributed by atoms with Gasteiger partial charge in [-0.05, 0) is 35.6 Å². The molecule has 0 radical (unpaired) electrons. The molecule has 1 heteroatoms. The molecule has 1 aromatic rings. The van der Waals surface area contributed by atoms with Gasteiger partial charge in [-0.3, -0.25) is 0 Å². The van der Waals surface area contributed by atoms with Crippen LogP contribution in [0.4, 0.5) is 0 Å². The Labute approximate surface area is 119 Å². The topological polar surface area (TPSA) is 23.8 Å². The number of rotatable bonds is 0. The Kier molecular flexibility index (Phi) is 2.50. The summed E-state index contributed by atoms with van der Waals surface area (Å²) in [6.07, 6.45) is 12.8. The van der Waals surface area contributed by atoms with Crippen molar-refractivity contribution in [1.82, 2.24) is 0 Å². The molecule has 3 aliphatic rings. The van der Waals surface area contributed by atoms with Crippen molar-refractivity contribution < 1.29 is 0 Å². The summed E-state index contributed by atoms with van der Waals surface area (Å²) < 4.78 is 0. The number of benzene rings is 1. The summed E-state index contributed by atoms with van der Waals surface area (Å²) in [6.45, 7) is 0. The number of fused-ring (bicyclic) bond motifs is 6. The zero-order chi connectivity index (χ0) is 13.5. The number of allylic oxidation sites excluding steroid dienone is 8. The molecule has 0 heterocycles. The van der Waals surface area contributed by atoms with E-state index < -0.39 is 0 Å². The van der Waals surface area contributed by atoms with Crippen molar-refractivity contribution in [2.75, 3.05) is 0 Å². The minimum Gasteiger partial charge on any atom is -0.193 e. The number of nitrogens with zero attached hydrogens (tertiary/aromatic N) is 1. The Morgan fingerprint density at radius 1 is 1.05 bits per heavy atom. The van der Waals surface area contributed by atoms with Gasteiger partial charge in [0.05, 0.1) is 6.07 Å². The molecule has 1 aromatic carbocycles. The van der Waals surface area contributed by atoms with E-state index >= 15 is 0 Å². The van der Waals surface area contributed by atoms with E-state index in [1.165, 1.54) is 22.3 Å². The SMILES string of the molecule is N#CC1=CC=C2c3ccccc3C3CC=CC=C3C2C1. The van der Waals surface area contributed by atoms with Crippen LogP contribution in [0.3, 0.4) is 0 Å². The lowest BCUT2D eigenvalue weighted by Crippen LogP contribution is -2.23. The van der Waals surface area contributed by atoms with Gasteiger partial charge in [-0.1, -0.05) is 54.1 Å². The van der Waals surface area contributed by atoms with E-state index in [0.29, 0.717) is 11.8 Å². The number of hydrogen-bond acceptors (Lipinski definition) is 1. The van der Waals surface area contributed by atoms with Crippen LogP contribution in [0.5, 0.6) is 0 Å². The highest BCUT2D eigenvalue weighted by molar-refractivity contribution is 5.80. The third-order valence-corrected chi connectivity index (χ3v) is 4.66. The maximum atomic E-state index is 9.19. The Hall–Kier alpha value is -2.33. The standard InChI is InChI=1S/C19H15N/c20-12-13-9-10-18-16-7-2-1-5-14(16)15-6-3-4-8-17(15)19(18)11-13/h1-5,7-10,15,19H,6,11H2. The molecule has 0 bridgehead atoms. The molecule has 1 nitrogen and oxygen atoms in total. The molecule has 0 amide bonds. The Morgan fingerprint density at radius 3 is 2.85 bits per heavy atom. The molecule has 3 aliphatic carbocycles. The van der Waals surface area contributed by atoms with Gasteiger partial charge in [0.2, 0.25) is 0 Å². The molecule has 0 spiro atoms. The van der Waals surface area contributed by atoms with Crippen LogP contribution in [0.25, 0.3) is 5.57 Å². The van der Waals surface area contributed by atoms with Crippen LogP contribution in [-0.4, -0.2) is 0 Å². The van der Waals surface area contributed by atoms with Crippen LogP contribution >= 0.6 is 0 Å². The highest BCUT2D eigenvalue weighted by Gasteiger charge is 2.36. The van der Waals surface area contributed by atoms with Crippen LogP contribution in [0.2, 0.25) is 0 Å². The minimum absolute atomic E-state index is 0.388. The summed E-state index contributed by atoms with van der Waals surface area (Å²) in [4.78, 5) is 0. The monoisotopic (exact) mass is 257 g/mol. The van der Waals surface area contributed by atoms with Gasteiger partial charge in [-0.15, -0.1) is 0 Å². The van der Waals surface area contributed by atoms with Crippen LogP contribution < -0.4 is 0 Å². The molecule has 0 aliphatic heterocycles. The lowest BCUT2D eigenvalue weighted by atomic mass is 9.65. The fraction of sp³-hybridized carbons (Fsp3) is 0.211. The molecular weight excluding hydrogens is 242 g/mol. The molecule has 96 valence electrons. The van der Waals surface area contributed by atoms with Gasteiger partial charge < -0.3 is 0 Å². The average Bonchev–Trinajstić information content (AvgIpc) is 2.54. The second-order valence-electron chi connectivity index (χ2n) is 5.65. The van der Waals surface area contributed by atoms with Crippen molar-refractivity contribution >= 4 is 5.57 Å². The van der Waals surface area contributed by atoms with E-state index in [0.717, 1.165) is 18.4 Å². The van der Waals surface area contributed by atoms with E-state index in [9.17, 15) is 5.26 Å². The maximum Gasteiger partial charge on any atom is 0.0947 e. The lowest BCUT2D eigenvalue weighted by molar-refractivity contribution is 0.635. The third kappa shape index (κ3) is 1.55. The fourth-order valence-electron chi connectivity index (χ4n) is 3.74. The molecule has 0 saturated heterocycles. The normalized spacial score (nSPS) is 26.2. The van der Waals surface area contributed by atoms with Crippen molar-refractivity contribution in [2.24, 2.45) is 5.92 Å². The van der Waals surface area contributed by atoms with Gasteiger partial charge >= 0.3 is 0 Å². The Balaban J connectivity index is 1.96. The van der Waals surface area contributed by atoms with E-state index in [1.807, 2.05) is 6.08 Å². The largest absolute Gasteiger partial charge is 0.193 e. The third-order valence-electron chi connectivity index (χ3n) is 4.66. The number of nitriles is 1. The van der Waals surface area contributed by atoms with Crippen LogP contribution in [0.15, 0.2) is 65.8 Å². The summed E-state index contributed by atoms with van der Waals surface area (Å²) >= 11 is 0. The van der Waals surface area contributed by atoms with Gasteiger partial charge in [0.1, 0.15) is 0 Å². The van der Waals surface area contributed by atoms with Gasteiger partial charge in [-0.2, -0.15) is 5.26 Å². The predicted octanol–water partition coefficient (Wildman–Crippen LogP) is 4.52. The van der Waals surface area contributed by atoms with Crippen LogP contribution in [0.1, 0.15) is 29.9 Å². The van der Waals surface area contributed by atoms with Crippen molar-refractivity contribution in [1.29, 1.82) is 5.26 Å². The molecule has 0 saturated carbocycles. The van der Waals surface area contributed by atoms with Gasteiger partial charge in [-0.25, -0.2) is 0 Å². The summed E-state index contributed by atoms with van der Waals surface area (Å²) in [5, 5.41) is 9.19. The quantitative estimate of drug-likeness (QED) is 0.670. The minimum atomic E-state index is 0.388. The summed E-state index contributed by atoms with van der Waals surface area (Å²) in [5.41, 5.74) is 6.59. The first-order chi connectivity index (χ1) is 9.88. The maximum absolute atomic E-state index is 9.19. The zero-order valence-electron chi connectivity index (χ0n) is 11.2. The molecule has 4 rings (SSSR count). The second kappa shape index (κ2) is 4.35. The van der Waals surface area contributed by atoms with Crippen molar-refractivity contribution in [2.45, 2.75) is 18.8 Å². The second-order valence-corrected chi connectivity index (χ2v) is 5.65. The summed E-state index contributed by atoms with van der Waals surface area (Å²) in [6, 6.07) is 11.1. The van der Waals surface area contributed by atoms with E-state index in [4.69, 9.17) is 0 Å². The molecule has 2 atom stereocenters. The lowest BCUT2D eigenvalue weighted by Gasteiger charge is -2.38. The van der Waals surface area contributed by atoms with E-state index in [2.05, 4.69) is 54.6 Å². The van der Waals surface area contributed by atoms with E-state index in [1.54, 1.807) is 0 Å². The first-order valence-electron chi connectivity index (χ1n) is 7.15.